The molecule has 0 aliphatic heterocycles. The number of rotatable bonds is 8. The van der Waals surface area contributed by atoms with Crippen LogP contribution in [0.5, 0.6) is 0 Å². The van der Waals surface area contributed by atoms with Gasteiger partial charge < -0.3 is 9.68 Å². The molecule has 1 aliphatic rings. The largest absolute Gasteiger partial charge is 0.395 e. The summed E-state index contributed by atoms with van der Waals surface area (Å²) >= 11 is 0. The molecule has 170 valence electrons. The van der Waals surface area contributed by atoms with Crippen LogP contribution in [0.25, 0.3) is 0 Å². The van der Waals surface area contributed by atoms with Crippen molar-refractivity contribution in [1.29, 1.82) is 0 Å². The number of benzene rings is 1. The van der Waals surface area contributed by atoms with Crippen molar-refractivity contribution in [2.75, 3.05) is 13.2 Å². The van der Waals surface area contributed by atoms with Gasteiger partial charge in [0.1, 0.15) is 24.6 Å². The Morgan fingerprint density at radius 1 is 0.939 bits per heavy atom. The van der Waals surface area contributed by atoms with Crippen molar-refractivity contribution in [1.82, 2.24) is 9.97 Å². The first-order valence-corrected chi connectivity index (χ1v) is 11.3. The summed E-state index contributed by atoms with van der Waals surface area (Å²) in [6.07, 6.45) is 4.75. The van der Waals surface area contributed by atoms with Crippen LogP contribution in [0.15, 0.2) is 77.2 Å². The van der Waals surface area contributed by atoms with Gasteiger partial charge in [0.2, 0.25) is 0 Å². The van der Waals surface area contributed by atoms with E-state index in [4.69, 9.17) is 9.68 Å². The van der Waals surface area contributed by atoms with Crippen molar-refractivity contribution >= 4 is 11.4 Å². The van der Waals surface area contributed by atoms with Crippen LogP contribution in [0.3, 0.4) is 0 Å². The van der Waals surface area contributed by atoms with E-state index in [-0.39, 0.29) is 5.41 Å². The Kier molecular flexibility index (Phi) is 7.13. The van der Waals surface area contributed by atoms with E-state index in [1.54, 1.807) is 6.20 Å². The van der Waals surface area contributed by atoms with Crippen LogP contribution in [0.4, 0.5) is 0 Å². The number of aromatic nitrogens is 2. The van der Waals surface area contributed by atoms with E-state index >= 15 is 0 Å². The molecule has 1 aliphatic carbocycles. The number of hydrogen-bond acceptors (Lipinski definition) is 6. The first-order chi connectivity index (χ1) is 16.0. The van der Waals surface area contributed by atoms with Crippen LogP contribution >= 0.6 is 0 Å². The number of hydrogen-bond donors (Lipinski definition) is 0. The van der Waals surface area contributed by atoms with Gasteiger partial charge in [-0.3, -0.25) is 9.97 Å². The lowest BCUT2D eigenvalue weighted by molar-refractivity contribution is -0.0000655. The molecule has 1 aromatic carbocycles. The summed E-state index contributed by atoms with van der Waals surface area (Å²) in [5, 5.41) is 8.88. The maximum atomic E-state index is 5.79. The predicted octanol–water partition coefficient (Wildman–Crippen LogP) is 5.34. The zero-order valence-corrected chi connectivity index (χ0v) is 19.5. The summed E-state index contributed by atoms with van der Waals surface area (Å²) in [6.45, 7) is 6.95. The minimum atomic E-state index is -0.281. The van der Waals surface area contributed by atoms with Gasteiger partial charge in [0.05, 0.1) is 11.4 Å². The lowest BCUT2D eigenvalue weighted by Gasteiger charge is -2.22. The number of oxime groups is 2. The van der Waals surface area contributed by atoms with E-state index in [0.717, 1.165) is 47.6 Å². The minimum absolute atomic E-state index is 0.281. The zero-order valence-electron chi connectivity index (χ0n) is 19.5. The Morgan fingerprint density at radius 2 is 1.73 bits per heavy atom. The van der Waals surface area contributed by atoms with Gasteiger partial charge in [-0.2, -0.15) is 0 Å². The molecule has 0 unspecified atom stereocenters. The van der Waals surface area contributed by atoms with Crippen LogP contribution in [0, 0.1) is 12.3 Å². The third-order valence-corrected chi connectivity index (χ3v) is 5.45. The highest BCUT2D eigenvalue weighted by atomic mass is 16.6. The molecule has 0 amide bonds. The Morgan fingerprint density at radius 3 is 2.52 bits per heavy atom. The summed E-state index contributed by atoms with van der Waals surface area (Å²) in [6, 6.07) is 19.9. The Balaban J connectivity index is 1.40. The quantitative estimate of drug-likeness (QED) is 0.349. The van der Waals surface area contributed by atoms with Gasteiger partial charge in [-0.1, -0.05) is 66.6 Å². The van der Waals surface area contributed by atoms with E-state index in [1.807, 2.05) is 55.5 Å². The van der Waals surface area contributed by atoms with Gasteiger partial charge in [0.25, 0.3) is 0 Å². The van der Waals surface area contributed by atoms with E-state index in [2.05, 4.69) is 46.3 Å². The fourth-order valence-electron chi connectivity index (χ4n) is 3.64. The van der Waals surface area contributed by atoms with Gasteiger partial charge >= 0.3 is 0 Å². The molecule has 33 heavy (non-hydrogen) atoms. The van der Waals surface area contributed by atoms with Gasteiger partial charge in [0.15, 0.2) is 0 Å². The molecule has 0 N–H and O–H groups in total. The predicted molar refractivity (Wildman–Crippen MR) is 130 cm³/mol. The third-order valence-electron chi connectivity index (χ3n) is 5.45. The zero-order chi connectivity index (χ0) is 23.1. The van der Waals surface area contributed by atoms with Gasteiger partial charge in [-0.15, -0.1) is 0 Å². The molecule has 0 spiro atoms. The Hall–Kier alpha value is -3.54. The van der Waals surface area contributed by atoms with E-state index in [0.29, 0.717) is 18.9 Å². The normalized spacial score (nSPS) is 15.2. The SMILES string of the molecule is Cc1ccc2c(n1)C(=NOCC(C)(C)CON=C(c1ccccc1)c1ccccn1)CCC2. The molecule has 2 heterocycles. The van der Waals surface area contributed by atoms with Gasteiger partial charge in [0, 0.05) is 22.9 Å². The van der Waals surface area contributed by atoms with Crippen LogP contribution in [0.1, 0.15) is 54.9 Å². The summed E-state index contributed by atoms with van der Waals surface area (Å²) in [5.74, 6) is 0. The van der Waals surface area contributed by atoms with E-state index < -0.39 is 0 Å². The molecule has 0 radical (unpaired) electrons. The second-order valence-electron chi connectivity index (χ2n) is 9.08. The summed E-state index contributed by atoms with van der Waals surface area (Å²) < 4.78 is 0. The number of nitrogens with zero attached hydrogens (tertiary/aromatic N) is 4. The highest BCUT2D eigenvalue weighted by molar-refractivity contribution is 6.11. The maximum Gasteiger partial charge on any atom is 0.135 e. The molecule has 0 bridgehead atoms. The Bertz CT molecular complexity index is 1080. The van der Waals surface area contributed by atoms with Crippen molar-refractivity contribution in [3.8, 4) is 0 Å². The molecule has 3 aromatic rings. The molecular formula is C27H30N4O2. The molecular weight excluding hydrogens is 412 g/mol. The van der Waals surface area contributed by atoms with Crippen LogP contribution in [0.2, 0.25) is 0 Å². The second-order valence-corrected chi connectivity index (χ2v) is 9.08. The monoisotopic (exact) mass is 442 g/mol. The second kappa shape index (κ2) is 10.4. The maximum absolute atomic E-state index is 5.79. The topological polar surface area (TPSA) is 69.0 Å². The molecule has 0 fully saturated rings. The lowest BCUT2D eigenvalue weighted by atomic mass is 9.94. The molecule has 0 saturated carbocycles. The van der Waals surface area contributed by atoms with Crippen LogP contribution in [-0.4, -0.2) is 34.6 Å². The van der Waals surface area contributed by atoms with Gasteiger partial charge in [-0.05, 0) is 49.9 Å². The highest BCUT2D eigenvalue weighted by Gasteiger charge is 2.22. The number of pyridine rings is 2. The lowest BCUT2D eigenvalue weighted by Crippen LogP contribution is -2.25. The summed E-state index contributed by atoms with van der Waals surface area (Å²) in [4.78, 5) is 20.7. The van der Waals surface area contributed by atoms with Crippen molar-refractivity contribution in [3.05, 3.63) is 95.1 Å². The smallest absolute Gasteiger partial charge is 0.135 e. The molecule has 6 heteroatoms. The summed E-state index contributed by atoms with van der Waals surface area (Å²) in [5.41, 5.74) is 6.29. The fourth-order valence-corrected chi connectivity index (χ4v) is 3.64. The number of aryl methyl sites for hydroxylation is 2. The molecule has 0 atom stereocenters. The molecule has 0 saturated heterocycles. The van der Waals surface area contributed by atoms with Gasteiger partial charge in [-0.25, -0.2) is 0 Å². The highest BCUT2D eigenvalue weighted by Crippen LogP contribution is 2.22. The average Bonchev–Trinajstić information content (AvgIpc) is 2.83. The van der Waals surface area contributed by atoms with E-state index in [9.17, 15) is 0 Å². The minimum Gasteiger partial charge on any atom is -0.395 e. The Labute approximate surface area is 195 Å². The first kappa shape index (κ1) is 22.6. The molecule has 6 nitrogen and oxygen atoms in total. The van der Waals surface area contributed by atoms with Crippen LogP contribution < -0.4 is 0 Å². The van der Waals surface area contributed by atoms with E-state index in [1.165, 1.54) is 5.56 Å². The fraction of sp³-hybridized carbons (Fsp3) is 0.333. The van der Waals surface area contributed by atoms with Crippen molar-refractivity contribution in [2.45, 2.75) is 40.0 Å². The number of fused-ring (bicyclic) bond motifs is 1. The summed E-state index contributed by atoms with van der Waals surface area (Å²) in [7, 11) is 0. The molecule has 4 rings (SSSR count). The van der Waals surface area contributed by atoms with Crippen molar-refractivity contribution in [3.63, 3.8) is 0 Å². The van der Waals surface area contributed by atoms with Crippen molar-refractivity contribution < 1.29 is 9.68 Å². The average molecular weight is 443 g/mol. The third kappa shape index (κ3) is 6.04. The standard InChI is InChI=1S/C27H30N4O2/c1-20-15-16-22-12-9-14-24(25(22)29-20)30-32-18-27(2,3)19-33-31-26(21-10-5-4-6-11-21)23-13-7-8-17-28-23/h4-8,10-11,13,15-17H,9,12,14,18-19H2,1-3H3. The molecule has 2 aromatic heterocycles. The van der Waals surface area contributed by atoms with Crippen LogP contribution in [-0.2, 0) is 16.1 Å². The van der Waals surface area contributed by atoms with Crippen molar-refractivity contribution in [2.24, 2.45) is 15.7 Å². The first-order valence-electron chi connectivity index (χ1n) is 11.3.